The Morgan fingerprint density at radius 2 is 1.91 bits per heavy atom. The second-order valence-corrected chi connectivity index (χ2v) is 9.68. The maximum absolute atomic E-state index is 13.7. The Balaban J connectivity index is 1.63. The molecule has 1 aromatic carbocycles. The minimum Gasteiger partial charge on any atom is -0.396 e. The van der Waals surface area contributed by atoms with Crippen molar-refractivity contribution in [3.05, 3.63) is 35.9 Å². The fraction of sp³-hybridized carbons (Fsp3) is 0.640. The van der Waals surface area contributed by atoms with E-state index in [9.17, 15) is 19.5 Å². The van der Waals surface area contributed by atoms with Gasteiger partial charge >= 0.3 is 0 Å². The summed E-state index contributed by atoms with van der Waals surface area (Å²) in [7, 11) is 0. The summed E-state index contributed by atoms with van der Waals surface area (Å²) >= 11 is 0. The largest absolute Gasteiger partial charge is 0.396 e. The fourth-order valence-corrected chi connectivity index (χ4v) is 6.00. The third-order valence-electron chi connectivity index (χ3n) is 7.47. The molecule has 8 nitrogen and oxygen atoms in total. The van der Waals surface area contributed by atoms with Crippen LogP contribution in [-0.4, -0.2) is 64.7 Å². The third kappa shape index (κ3) is 4.04. The van der Waals surface area contributed by atoms with Gasteiger partial charge in [-0.3, -0.25) is 14.4 Å². The van der Waals surface area contributed by atoms with Crippen molar-refractivity contribution >= 4 is 17.7 Å². The van der Waals surface area contributed by atoms with E-state index in [1.807, 2.05) is 44.2 Å². The van der Waals surface area contributed by atoms with E-state index in [1.165, 1.54) is 0 Å². The summed E-state index contributed by atoms with van der Waals surface area (Å²) in [6, 6.07) is 8.84. The number of likely N-dealkylation sites (tertiary alicyclic amines) is 1. The number of carbonyl (C=O) groups excluding carboxylic acids is 3. The Kier molecular flexibility index (Phi) is 6.77. The van der Waals surface area contributed by atoms with Crippen LogP contribution in [-0.2, 0) is 25.7 Å². The van der Waals surface area contributed by atoms with Gasteiger partial charge in [-0.2, -0.15) is 0 Å². The molecule has 0 aromatic heterocycles. The first kappa shape index (κ1) is 23.7. The van der Waals surface area contributed by atoms with Gasteiger partial charge in [-0.05, 0) is 44.6 Å². The summed E-state index contributed by atoms with van der Waals surface area (Å²) in [5, 5.41) is 15.2. The molecule has 33 heavy (non-hydrogen) atoms. The van der Waals surface area contributed by atoms with Crippen LogP contribution < -0.4 is 10.6 Å². The van der Waals surface area contributed by atoms with Gasteiger partial charge in [-0.15, -0.1) is 0 Å². The quantitative estimate of drug-likeness (QED) is 0.460. The molecule has 3 N–H and O–H groups in total. The normalized spacial score (nSPS) is 32.2. The molecule has 2 unspecified atom stereocenters. The zero-order valence-corrected chi connectivity index (χ0v) is 19.5. The number of aliphatic hydroxyl groups is 1. The van der Waals surface area contributed by atoms with Crippen LogP contribution in [0, 0.1) is 11.8 Å². The van der Waals surface area contributed by atoms with E-state index < -0.39 is 29.1 Å². The Morgan fingerprint density at radius 3 is 2.61 bits per heavy atom. The van der Waals surface area contributed by atoms with Crippen LogP contribution in [0.5, 0.6) is 0 Å². The molecule has 180 valence electrons. The van der Waals surface area contributed by atoms with Gasteiger partial charge in [0.15, 0.2) is 0 Å². The molecule has 1 aromatic rings. The lowest BCUT2D eigenvalue weighted by atomic mass is 9.66. The summed E-state index contributed by atoms with van der Waals surface area (Å²) in [5.41, 5.74) is -0.788. The molecule has 3 saturated heterocycles. The average Bonchev–Trinajstić information content (AvgIpc) is 3.38. The van der Waals surface area contributed by atoms with Gasteiger partial charge in [0.25, 0.3) is 0 Å². The van der Waals surface area contributed by atoms with Crippen LogP contribution in [0.2, 0.25) is 0 Å². The number of hydrogen-bond acceptors (Lipinski definition) is 5. The summed E-state index contributed by atoms with van der Waals surface area (Å²) in [6.07, 6.45) is 3.12. The van der Waals surface area contributed by atoms with Gasteiger partial charge in [-0.25, -0.2) is 0 Å². The predicted octanol–water partition coefficient (Wildman–Crippen LogP) is 1.37. The SMILES string of the molecule is CCCNC(=O)[C@@H]1[C@H]2C(=O)N(CCCCO)C(C(=O)NCc3ccccc3)C23CC[C@@]1(C)O3. The number of unbranched alkanes of at least 4 members (excludes halogenated alkanes) is 1. The van der Waals surface area contributed by atoms with Crippen LogP contribution in [0.3, 0.4) is 0 Å². The Morgan fingerprint density at radius 1 is 1.15 bits per heavy atom. The second kappa shape index (κ2) is 9.43. The van der Waals surface area contributed by atoms with Gasteiger partial charge in [0.2, 0.25) is 17.7 Å². The summed E-state index contributed by atoms with van der Waals surface area (Å²) in [6.45, 7) is 5.16. The molecule has 5 atom stereocenters. The van der Waals surface area contributed by atoms with E-state index in [-0.39, 0.29) is 24.3 Å². The van der Waals surface area contributed by atoms with Crippen molar-refractivity contribution in [2.24, 2.45) is 11.8 Å². The number of benzene rings is 1. The number of aliphatic hydroxyl groups excluding tert-OH is 1. The van der Waals surface area contributed by atoms with Crippen LogP contribution in [0.4, 0.5) is 0 Å². The maximum Gasteiger partial charge on any atom is 0.246 e. The molecule has 0 radical (unpaired) electrons. The highest BCUT2D eigenvalue weighted by Gasteiger charge is 2.77. The van der Waals surface area contributed by atoms with Crippen LogP contribution in [0.1, 0.15) is 51.5 Å². The van der Waals surface area contributed by atoms with Gasteiger partial charge in [0, 0.05) is 26.2 Å². The molecule has 0 aliphatic carbocycles. The van der Waals surface area contributed by atoms with E-state index in [1.54, 1.807) is 4.90 Å². The number of nitrogens with one attached hydrogen (secondary N) is 2. The van der Waals surface area contributed by atoms with Gasteiger partial charge < -0.3 is 25.4 Å². The molecular weight excluding hydrogens is 422 g/mol. The smallest absolute Gasteiger partial charge is 0.246 e. The zero-order valence-electron chi connectivity index (χ0n) is 19.5. The third-order valence-corrected chi connectivity index (χ3v) is 7.47. The number of ether oxygens (including phenoxy) is 1. The molecule has 1 spiro atoms. The summed E-state index contributed by atoms with van der Waals surface area (Å²) in [5.74, 6) is -1.89. The topological polar surface area (TPSA) is 108 Å². The monoisotopic (exact) mass is 457 g/mol. The van der Waals surface area contributed by atoms with Crippen molar-refractivity contribution < 1.29 is 24.2 Å². The van der Waals surface area contributed by atoms with Gasteiger partial charge in [-0.1, -0.05) is 37.3 Å². The first-order valence-corrected chi connectivity index (χ1v) is 12.1. The molecule has 4 rings (SSSR count). The van der Waals surface area contributed by atoms with E-state index in [4.69, 9.17) is 4.74 Å². The first-order valence-electron chi connectivity index (χ1n) is 12.1. The van der Waals surface area contributed by atoms with Crippen molar-refractivity contribution in [1.29, 1.82) is 0 Å². The minimum absolute atomic E-state index is 0.0259. The molecule has 3 aliphatic rings. The molecule has 3 fully saturated rings. The molecule has 3 heterocycles. The van der Waals surface area contributed by atoms with Crippen molar-refractivity contribution in [3.8, 4) is 0 Å². The number of amides is 3. The lowest BCUT2D eigenvalue weighted by molar-refractivity contribution is -0.146. The van der Waals surface area contributed by atoms with Gasteiger partial charge in [0.05, 0.1) is 17.4 Å². The highest BCUT2D eigenvalue weighted by atomic mass is 16.5. The highest BCUT2D eigenvalue weighted by Crippen LogP contribution is 2.63. The van der Waals surface area contributed by atoms with E-state index in [0.29, 0.717) is 45.3 Å². The van der Waals surface area contributed by atoms with Crippen molar-refractivity contribution in [1.82, 2.24) is 15.5 Å². The minimum atomic E-state index is -1.000. The molecular formula is C25H35N3O5. The zero-order chi connectivity index (χ0) is 23.6. The second-order valence-electron chi connectivity index (χ2n) is 9.68. The van der Waals surface area contributed by atoms with Gasteiger partial charge in [0.1, 0.15) is 11.6 Å². The lowest BCUT2D eigenvalue weighted by Gasteiger charge is -2.33. The highest BCUT2D eigenvalue weighted by molar-refractivity contribution is 5.99. The first-order chi connectivity index (χ1) is 15.9. The standard InChI is InChI=1S/C25H35N3O5/c1-3-13-26-21(30)18-19-23(32)28(14-7-8-15-29)20(25(19)12-11-24(18,2)33-25)22(31)27-16-17-9-5-4-6-10-17/h4-6,9-10,18-20,29H,3,7-8,11-16H2,1-2H3,(H,26,30)(H,27,31)/t18-,19-,20?,24+,25?/m0/s1. The molecule has 0 saturated carbocycles. The predicted molar refractivity (Wildman–Crippen MR) is 122 cm³/mol. The van der Waals surface area contributed by atoms with Crippen LogP contribution in [0.25, 0.3) is 0 Å². The molecule has 3 aliphatic heterocycles. The lowest BCUT2D eigenvalue weighted by Crippen LogP contribution is -2.55. The molecule has 8 heteroatoms. The van der Waals surface area contributed by atoms with Crippen molar-refractivity contribution in [3.63, 3.8) is 0 Å². The van der Waals surface area contributed by atoms with E-state index in [2.05, 4.69) is 10.6 Å². The van der Waals surface area contributed by atoms with Crippen LogP contribution in [0.15, 0.2) is 30.3 Å². The average molecular weight is 458 g/mol. The molecule has 2 bridgehead atoms. The van der Waals surface area contributed by atoms with Crippen LogP contribution >= 0.6 is 0 Å². The number of carbonyl (C=O) groups is 3. The summed E-state index contributed by atoms with van der Waals surface area (Å²) in [4.78, 5) is 42.0. The van der Waals surface area contributed by atoms with E-state index >= 15 is 0 Å². The Hall–Kier alpha value is -2.45. The summed E-state index contributed by atoms with van der Waals surface area (Å²) < 4.78 is 6.54. The maximum atomic E-state index is 13.7. The number of hydrogen-bond donors (Lipinski definition) is 3. The van der Waals surface area contributed by atoms with E-state index in [0.717, 1.165) is 12.0 Å². The Bertz CT molecular complexity index is 893. The number of fused-ring (bicyclic) bond motifs is 1. The number of nitrogens with zero attached hydrogens (tertiary/aromatic N) is 1. The Labute approximate surface area is 195 Å². The molecule has 3 amide bonds. The van der Waals surface area contributed by atoms with Crippen molar-refractivity contribution in [2.75, 3.05) is 19.7 Å². The number of rotatable bonds is 10. The van der Waals surface area contributed by atoms with Crippen molar-refractivity contribution in [2.45, 2.75) is 69.7 Å². The fourth-order valence-electron chi connectivity index (χ4n) is 6.00.